The molecule has 1 aliphatic rings. The minimum absolute atomic E-state index is 0.123. The molecule has 0 saturated carbocycles. The lowest BCUT2D eigenvalue weighted by Crippen LogP contribution is -2.56. The molecule has 6 heteroatoms. The van der Waals surface area contributed by atoms with Gasteiger partial charge in [-0.05, 0) is 32.0 Å². The lowest BCUT2D eigenvalue weighted by molar-refractivity contribution is 0.0668. The Kier molecular flexibility index (Phi) is 4.06. The number of H-pyrrole nitrogens is 1. The molecule has 2 atom stereocenters. The summed E-state index contributed by atoms with van der Waals surface area (Å²) in [6.45, 7) is 5.39. The quantitative estimate of drug-likeness (QED) is 0.815. The molecule has 116 valence electrons. The lowest BCUT2D eigenvalue weighted by atomic mass is 10.1. The van der Waals surface area contributed by atoms with Crippen LogP contribution in [0.1, 0.15) is 24.3 Å². The van der Waals surface area contributed by atoms with Gasteiger partial charge in [0.25, 0.3) is 5.91 Å². The fourth-order valence-corrected chi connectivity index (χ4v) is 3.36. The van der Waals surface area contributed by atoms with Crippen molar-refractivity contribution in [3.8, 4) is 0 Å². The van der Waals surface area contributed by atoms with Gasteiger partial charge < -0.3 is 15.2 Å². The molecule has 1 saturated heterocycles. The van der Waals surface area contributed by atoms with Crippen molar-refractivity contribution in [2.24, 2.45) is 0 Å². The van der Waals surface area contributed by atoms with Crippen molar-refractivity contribution in [2.45, 2.75) is 25.9 Å². The molecule has 2 heterocycles. The first-order valence-electron chi connectivity index (χ1n) is 7.32. The average Bonchev–Trinajstić information content (AvgIpc) is 2.46. The van der Waals surface area contributed by atoms with Gasteiger partial charge in [0.1, 0.15) is 5.69 Å². The molecule has 1 aromatic carbocycles. The van der Waals surface area contributed by atoms with Crippen molar-refractivity contribution < 1.29 is 4.79 Å². The number of benzene rings is 1. The number of nitrogens with one attached hydrogen (secondary N) is 2. The number of carbonyl (C=O) groups is 1. The molecule has 0 radical (unpaired) electrons. The van der Waals surface area contributed by atoms with E-state index in [1.165, 1.54) is 6.07 Å². The van der Waals surface area contributed by atoms with E-state index >= 15 is 0 Å². The monoisotopic (exact) mass is 363 g/mol. The van der Waals surface area contributed by atoms with E-state index in [0.29, 0.717) is 29.7 Å². The van der Waals surface area contributed by atoms with Gasteiger partial charge in [-0.3, -0.25) is 9.59 Å². The fraction of sp³-hybridized carbons (Fsp3) is 0.375. The SMILES string of the molecule is CC1CN(C(=O)c2cc(=O)c3cc(Br)ccc3[nH]2)CC(C)N1. The van der Waals surface area contributed by atoms with Crippen LogP contribution >= 0.6 is 15.9 Å². The van der Waals surface area contributed by atoms with Gasteiger partial charge in [-0.15, -0.1) is 0 Å². The summed E-state index contributed by atoms with van der Waals surface area (Å²) < 4.78 is 0.842. The first-order valence-corrected chi connectivity index (χ1v) is 8.11. The largest absolute Gasteiger partial charge is 0.350 e. The zero-order chi connectivity index (χ0) is 15.9. The van der Waals surface area contributed by atoms with E-state index in [0.717, 1.165) is 4.47 Å². The molecule has 0 aliphatic carbocycles. The van der Waals surface area contributed by atoms with Crippen LogP contribution in [0.25, 0.3) is 10.9 Å². The molecule has 1 fully saturated rings. The summed E-state index contributed by atoms with van der Waals surface area (Å²) in [6, 6.07) is 7.31. The van der Waals surface area contributed by atoms with Gasteiger partial charge in [0.2, 0.25) is 0 Å². The number of amides is 1. The number of pyridine rings is 1. The summed E-state index contributed by atoms with van der Waals surface area (Å²) >= 11 is 3.35. The van der Waals surface area contributed by atoms with E-state index in [1.54, 1.807) is 17.0 Å². The average molecular weight is 364 g/mol. The van der Waals surface area contributed by atoms with Gasteiger partial charge in [-0.25, -0.2) is 0 Å². The Morgan fingerprint density at radius 3 is 2.59 bits per heavy atom. The summed E-state index contributed by atoms with van der Waals surface area (Å²) in [6.07, 6.45) is 0. The van der Waals surface area contributed by atoms with Crippen LogP contribution in [0.5, 0.6) is 0 Å². The molecule has 0 bridgehead atoms. The maximum absolute atomic E-state index is 12.7. The number of hydrogen-bond donors (Lipinski definition) is 2. The molecule has 2 N–H and O–H groups in total. The van der Waals surface area contributed by atoms with Crippen LogP contribution in [0.3, 0.4) is 0 Å². The summed E-state index contributed by atoms with van der Waals surface area (Å²) in [5.74, 6) is -0.123. The van der Waals surface area contributed by atoms with Crippen molar-refractivity contribution in [3.63, 3.8) is 0 Å². The minimum Gasteiger partial charge on any atom is -0.350 e. The molecule has 1 aliphatic heterocycles. The van der Waals surface area contributed by atoms with E-state index in [4.69, 9.17) is 0 Å². The van der Waals surface area contributed by atoms with Gasteiger partial charge >= 0.3 is 0 Å². The second-order valence-electron chi connectivity index (χ2n) is 5.92. The highest BCUT2D eigenvalue weighted by Crippen LogP contribution is 2.17. The maximum atomic E-state index is 12.7. The first kappa shape index (κ1) is 15.2. The Balaban J connectivity index is 1.97. The highest BCUT2D eigenvalue weighted by atomic mass is 79.9. The van der Waals surface area contributed by atoms with Crippen LogP contribution in [-0.2, 0) is 0 Å². The fourth-order valence-electron chi connectivity index (χ4n) is 3.00. The topological polar surface area (TPSA) is 65.2 Å². The summed E-state index contributed by atoms with van der Waals surface area (Å²) in [5, 5.41) is 3.97. The van der Waals surface area contributed by atoms with Crippen molar-refractivity contribution in [1.29, 1.82) is 0 Å². The highest BCUT2D eigenvalue weighted by Gasteiger charge is 2.26. The van der Waals surface area contributed by atoms with Gasteiger partial charge in [0.05, 0.1) is 0 Å². The Morgan fingerprint density at radius 2 is 1.91 bits per heavy atom. The third-order valence-electron chi connectivity index (χ3n) is 3.87. The number of piperazine rings is 1. The van der Waals surface area contributed by atoms with E-state index < -0.39 is 0 Å². The maximum Gasteiger partial charge on any atom is 0.270 e. The third-order valence-corrected chi connectivity index (χ3v) is 4.36. The van der Waals surface area contributed by atoms with Gasteiger partial charge in [-0.1, -0.05) is 15.9 Å². The molecule has 2 aromatic rings. The molecular formula is C16H18BrN3O2. The Bertz CT molecular complexity index is 777. The van der Waals surface area contributed by atoms with E-state index in [2.05, 4.69) is 40.1 Å². The Labute approximate surface area is 136 Å². The van der Waals surface area contributed by atoms with Crippen molar-refractivity contribution in [1.82, 2.24) is 15.2 Å². The van der Waals surface area contributed by atoms with Gasteiger partial charge in [0, 0.05) is 46.6 Å². The van der Waals surface area contributed by atoms with Crippen LogP contribution < -0.4 is 10.7 Å². The van der Waals surface area contributed by atoms with E-state index in [1.807, 2.05) is 6.07 Å². The van der Waals surface area contributed by atoms with Crippen LogP contribution in [-0.4, -0.2) is 41.0 Å². The van der Waals surface area contributed by atoms with Crippen LogP contribution in [0.2, 0.25) is 0 Å². The Morgan fingerprint density at radius 1 is 1.23 bits per heavy atom. The molecular weight excluding hydrogens is 346 g/mol. The molecule has 5 nitrogen and oxygen atoms in total. The zero-order valence-corrected chi connectivity index (χ0v) is 14.1. The number of aromatic amines is 1. The van der Waals surface area contributed by atoms with Crippen LogP contribution in [0.4, 0.5) is 0 Å². The predicted molar refractivity (Wildman–Crippen MR) is 90.2 cm³/mol. The summed E-state index contributed by atoms with van der Waals surface area (Å²) in [4.78, 5) is 29.8. The molecule has 1 aromatic heterocycles. The second kappa shape index (κ2) is 5.85. The van der Waals surface area contributed by atoms with E-state index in [-0.39, 0.29) is 23.4 Å². The first-order chi connectivity index (χ1) is 10.4. The van der Waals surface area contributed by atoms with Crippen molar-refractivity contribution in [2.75, 3.05) is 13.1 Å². The third kappa shape index (κ3) is 2.94. The Hall–Kier alpha value is -1.66. The number of aromatic nitrogens is 1. The molecule has 1 amide bonds. The zero-order valence-electron chi connectivity index (χ0n) is 12.5. The number of carbonyl (C=O) groups excluding carboxylic acids is 1. The number of halogens is 1. The number of fused-ring (bicyclic) bond motifs is 1. The molecule has 2 unspecified atom stereocenters. The second-order valence-corrected chi connectivity index (χ2v) is 6.83. The van der Waals surface area contributed by atoms with E-state index in [9.17, 15) is 9.59 Å². The van der Waals surface area contributed by atoms with Crippen LogP contribution in [0.15, 0.2) is 33.5 Å². The molecule has 0 spiro atoms. The molecule has 22 heavy (non-hydrogen) atoms. The standard InChI is InChI=1S/C16H18BrN3O2/c1-9-7-20(8-10(2)18-9)16(22)14-6-15(21)12-5-11(17)3-4-13(12)19-14/h3-6,9-10,18H,7-8H2,1-2H3,(H,19,21). The molecule has 3 rings (SSSR count). The minimum atomic E-state index is -0.144. The normalized spacial score (nSPS) is 22.0. The van der Waals surface area contributed by atoms with Gasteiger partial charge in [0.15, 0.2) is 5.43 Å². The highest BCUT2D eigenvalue weighted by molar-refractivity contribution is 9.10. The number of hydrogen-bond acceptors (Lipinski definition) is 3. The number of rotatable bonds is 1. The van der Waals surface area contributed by atoms with Gasteiger partial charge in [-0.2, -0.15) is 0 Å². The summed E-state index contributed by atoms with van der Waals surface area (Å²) in [7, 11) is 0. The number of nitrogens with zero attached hydrogens (tertiary/aromatic N) is 1. The summed E-state index contributed by atoms with van der Waals surface area (Å²) in [5.41, 5.74) is 0.881. The van der Waals surface area contributed by atoms with Crippen molar-refractivity contribution >= 4 is 32.7 Å². The van der Waals surface area contributed by atoms with Crippen molar-refractivity contribution in [3.05, 3.63) is 44.7 Å². The smallest absolute Gasteiger partial charge is 0.270 e. The lowest BCUT2D eigenvalue weighted by Gasteiger charge is -2.36. The predicted octanol–water partition coefficient (Wildman–Crippen LogP) is 2.11. The van der Waals surface area contributed by atoms with Crippen LogP contribution in [0, 0.1) is 0 Å².